The normalized spacial score (nSPS) is 16.6. The van der Waals surface area contributed by atoms with Crippen LogP contribution in [0.5, 0.6) is 5.88 Å². The van der Waals surface area contributed by atoms with Crippen LogP contribution >= 0.6 is 15.9 Å². The maximum Gasteiger partial charge on any atom is 0.234 e. The molecule has 0 aliphatic carbocycles. The first kappa shape index (κ1) is 19.1. The summed E-state index contributed by atoms with van der Waals surface area (Å²) in [4.78, 5) is 9.08. The summed E-state index contributed by atoms with van der Waals surface area (Å²) in [6, 6.07) is 11.6. The van der Waals surface area contributed by atoms with Crippen molar-refractivity contribution in [2.24, 2.45) is 0 Å². The van der Waals surface area contributed by atoms with E-state index in [2.05, 4.69) is 43.1 Å². The predicted molar refractivity (Wildman–Crippen MR) is 116 cm³/mol. The van der Waals surface area contributed by atoms with Crippen molar-refractivity contribution >= 4 is 48.1 Å². The maximum absolute atomic E-state index is 11.7. The Morgan fingerprint density at radius 2 is 2.07 bits per heavy atom. The molecular weight excluding hydrogens is 470 g/mol. The van der Waals surface area contributed by atoms with Gasteiger partial charge in [0.1, 0.15) is 21.9 Å². The molecule has 5 rings (SSSR count). The van der Waals surface area contributed by atoms with Crippen LogP contribution in [0.3, 0.4) is 0 Å². The molecule has 0 atom stereocenters. The Bertz CT molecular complexity index is 1370. The summed E-state index contributed by atoms with van der Waals surface area (Å²) in [5, 5.41) is 5.29. The lowest BCUT2D eigenvalue weighted by Gasteiger charge is -2.23. The molecule has 0 unspecified atom stereocenters. The Morgan fingerprint density at radius 3 is 2.87 bits per heavy atom. The minimum atomic E-state index is -2.98. The number of nitrogens with two attached hydrogens (primary N) is 1. The van der Waals surface area contributed by atoms with Crippen molar-refractivity contribution in [1.82, 2.24) is 19.6 Å². The summed E-state index contributed by atoms with van der Waals surface area (Å²) in [7, 11) is -2.98. The molecule has 1 aromatic carbocycles. The number of nitrogens with zero attached hydrogens (tertiary/aromatic N) is 4. The third-order valence-electron chi connectivity index (χ3n) is 5.14. The highest BCUT2D eigenvalue weighted by Crippen LogP contribution is 2.35. The van der Waals surface area contributed by atoms with E-state index >= 15 is 0 Å². The summed E-state index contributed by atoms with van der Waals surface area (Å²) in [6.45, 7) is 0. The van der Waals surface area contributed by atoms with E-state index in [0.29, 0.717) is 34.7 Å². The molecule has 0 spiro atoms. The number of sulfone groups is 1. The van der Waals surface area contributed by atoms with Crippen molar-refractivity contribution in [2.45, 2.75) is 18.9 Å². The highest BCUT2D eigenvalue weighted by atomic mass is 79.9. The van der Waals surface area contributed by atoms with Crippen LogP contribution in [0.25, 0.3) is 27.7 Å². The fourth-order valence-electron chi connectivity index (χ4n) is 3.50. The number of ether oxygens (including phenoxy) is 1. The number of anilines is 1. The summed E-state index contributed by atoms with van der Waals surface area (Å²) in [5.41, 5.74) is 9.11. The van der Waals surface area contributed by atoms with Crippen LogP contribution < -0.4 is 10.5 Å². The molecule has 0 saturated carbocycles. The van der Waals surface area contributed by atoms with E-state index in [1.165, 1.54) is 4.52 Å². The van der Waals surface area contributed by atoms with Crippen LogP contribution in [-0.4, -0.2) is 45.6 Å². The van der Waals surface area contributed by atoms with Gasteiger partial charge in [0.25, 0.3) is 0 Å². The van der Waals surface area contributed by atoms with Gasteiger partial charge in [0.2, 0.25) is 5.88 Å². The van der Waals surface area contributed by atoms with Crippen LogP contribution in [0.15, 0.2) is 35.1 Å². The number of rotatable bonds is 3. The van der Waals surface area contributed by atoms with Gasteiger partial charge in [-0.15, -0.1) is 0 Å². The Balaban J connectivity index is 1.56. The first-order chi connectivity index (χ1) is 14.4. The van der Waals surface area contributed by atoms with Crippen LogP contribution in [0, 0.1) is 12.1 Å². The van der Waals surface area contributed by atoms with E-state index in [0.717, 1.165) is 22.0 Å². The fourth-order valence-corrected chi connectivity index (χ4v) is 5.30. The van der Waals surface area contributed by atoms with E-state index in [9.17, 15) is 8.42 Å². The monoisotopic (exact) mass is 485 g/mol. The van der Waals surface area contributed by atoms with Crippen LogP contribution in [0.4, 0.5) is 5.82 Å². The zero-order valence-electron chi connectivity index (χ0n) is 15.7. The SMILES string of the molecule is Nc1c(Br)c(OC2CCS(=O)(=O)CC2)nc2c(-c3cnc4c#cccc4c3)cnn12. The smallest absolute Gasteiger partial charge is 0.234 e. The summed E-state index contributed by atoms with van der Waals surface area (Å²) in [5.74, 6) is 0.897. The molecule has 1 aliphatic rings. The first-order valence-electron chi connectivity index (χ1n) is 9.29. The molecular formula is C20H16BrN5O3S. The second-order valence-electron chi connectivity index (χ2n) is 7.14. The molecule has 4 aromatic rings. The first-order valence-corrected chi connectivity index (χ1v) is 11.9. The Morgan fingerprint density at radius 1 is 1.27 bits per heavy atom. The molecule has 4 heterocycles. The molecule has 2 N–H and O–H groups in total. The van der Waals surface area contributed by atoms with Gasteiger partial charge in [-0.05, 0) is 53.0 Å². The van der Waals surface area contributed by atoms with E-state index in [4.69, 9.17) is 10.5 Å². The quantitative estimate of drug-likeness (QED) is 0.474. The van der Waals surface area contributed by atoms with Gasteiger partial charge in [-0.2, -0.15) is 14.6 Å². The zero-order chi connectivity index (χ0) is 20.9. The molecule has 30 heavy (non-hydrogen) atoms. The molecule has 10 heteroatoms. The number of aromatic nitrogens is 4. The van der Waals surface area contributed by atoms with E-state index < -0.39 is 9.84 Å². The summed E-state index contributed by atoms with van der Waals surface area (Å²) >= 11 is 3.44. The molecule has 1 aliphatic heterocycles. The third kappa shape index (κ3) is 3.34. The Labute approximate surface area is 181 Å². The summed E-state index contributed by atoms with van der Waals surface area (Å²) < 4.78 is 31.4. The number of hydrogen-bond acceptors (Lipinski definition) is 7. The molecule has 152 valence electrons. The molecule has 1 saturated heterocycles. The zero-order valence-corrected chi connectivity index (χ0v) is 18.1. The largest absolute Gasteiger partial charge is 0.473 e. The average Bonchev–Trinajstić information content (AvgIpc) is 3.17. The van der Waals surface area contributed by atoms with Crippen molar-refractivity contribution in [3.8, 4) is 17.0 Å². The predicted octanol–water partition coefficient (Wildman–Crippen LogP) is 2.85. The number of pyridine rings is 1. The van der Waals surface area contributed by atoms with E-state index in [1.54, 1.807) is 18.5 Å². The van der Waals surface area contributed by atoms with Crippen molar-refractivity contribution in [2.75, 3.05) is 17.2 Å². The van der Waals surface area contributed by atoms with Crippen molar-refractivity contribution < 1.29 is 13.2 Å². The average molecular weight is 486 g/mol. The van der Waals surface area contributed by atoms with Gasteiger partial charge in [0.05, 0.1) is 17.7 Å². The molecule has 8 nitrogen and oxygen atoms in total. The van der Waals surface area contributed by atoms with Crippen LogP contribution in [-0.2, 0) is 9.84 Å². The van der Waals surface area contributed by atoms with Gasteiger partial charge in [-0.1, -0.05) is 6.07 Å². The lowest BCUT2D eigenvalue weighted by atomic mass is 10.1. The molecule has 0 radical (unpaired) electrons. The van der Waals surface area contributed by atoms with Gasteiger partial charge in [-0.3, -0.25) is 0 Å². The van der Waals surface area contributed by atoms with Gasteiger partial charge < -0.3 is 10.5 Å². The highest BCUT2D eigenvalue weighted by molar-refractivity contribution is 9.10. The second-order valence-corrected chi connectivity index (χ2v) is 10.2. The number of hydrogen-bond donors (Lipinski definition) is 1. The minimum absolute atomic E-state index is 0.113. The highest BCUT2D eigenvalue weighted by Gasteiger charge is 2.27. The summed E-state index contributed by atoms with van der Waals surface area (Å²) in [6.07, 6.45) is 4.03. The Kier molecular flexibility index (Phi) is 4.52. The van der Waals surface area contributed by atoms with Crippen molar-refractivity contribution in [3.63, 3.8) is 0 Å². The molecule has 3 aromatic heterocycles. The van der Waals surface area contributed by atoms with Gasteiger partial charge in [0.15, 0.2) is 15.5 Å². The van der Waals surface area contributed by atoms with Crippen molar-refractivity contribution in [3.05, 3.63) is 47.2 Å². The Hall–Kier alpha value is -2.90. The van der Waals surface area contributed by atoms with Crippen LogP contribution in [0.2, 0.25) is 0 Å². The van der Waals surface area contributed by atoms with Crippen molar-refractivity contribution in [1.29, 1.82) is 0 Å². The van der Waals surface area contributed by atoms with Crippen LogP contribution in [0.1, 0.15) is 12.8 Å². The third-order valence-corrected chi connectivity index (χ3v) is 7.60. The van der Waals surface area contributed by atoms with E-state index in [-0.39, 0.29) is 17.6 Å². The topological polar surface area (TPSA) is 112 Å². The number of nitrogen functional groups attached to an aromatic ring is 1. The fraction of sp³-hybridized carbons (Fsp3) is 0.250. The lowest BCUT2D eigenvalue weighted by molar-refractivity contribution is 0.181. The lowest BCUT2D eigenvalue weighted by Crippen LogP contribution is -2.31. The second kappa shape index (κ2) is 7.11. The molecule has 1 fully saturated rings. The van der Waals surface area contributed by atoms with Gasteiger partial charge in [0, 0.05) is 22.7 Å². The standard InChI is InChI=1S/C20H16BrN5O3S/c21-17-18(22)26-19(25-20(17)29-14-5-7-30(27,28)8-6-14)15(11-24-26)13-9-12-3-1-2-4-16(12)23-10-13/h1,3,9-11,14H,5-8,22H2. The molecule has 0 bridgehead atoms. The number of halogens is 1. The number of fused-ring (bicyclic) bond motifs is 2. The van der Waals surface area contributed by atoms with Gasteiger partial charge >= 0.3 is 0 Å². The van der Waals surface area contributed by atoms with Gasteiger partial charge in [-0.25, -0.2) is 13.4 Å². The minimum Gasteiger partial charge on any atom is -0.473 e. The molecule has 0 amide bonds. The maximum atomic E-state index is 11.7. The van der Waals surface area contributed by atoms with E-state index in [1.807, 2.05) is 12.1 Å².